The lowest BCUT2D eigenvalue weighted by molar-refractivity contribution is 0.0175. The molecule has 2 aromatic rings. The van der Waals surface area contributed by atoms with Gasteiger partial charge in [-0.25, -0.2) is 8.78 Å². The van der Waals surface area contributed by atoms with E-state index in [0.29, 0.717) is 11.3 Å². The van der Waals surface area contributed by atoms with E-state index in [1.54, 1.807) is 19.2 Å². The van der Waals surface area contributed by atoms with E-state index in [2.05, 4.69) is 31.1 Å². The Labute approximate surface area is 178 Å². The number of nitrogens with zero attached hydrogens (tertiary/aromatic N) is 1. The van der Waals surface area contributed by atoms with E-state index >= 15 is 0 Å². The highest BCUT2D eigenvalue weighted by molar-refractivity contribution is 5.88. The van der Waals surface area contributed by atoms with Gasteiger partial charge < -0.3 is 5.32 Å². The van der Waals surface area contributed by atoms with Crippen molar-refractivity contribution in [3.63, 3.8) is 0 Å². The molecule has 0 unspecified atom stereocenters. The molecule has 4 heteroatoms. The molecule has 2 nitrogen and oxygen atoms in total. The highest BCUT2D eigenvalue weighted by Crippen LogP contribution is 2.33. The van der Waals surface area contributed by atoms with Crippen molar-refractivity contribution in [1.29, 1.82) is 5.26 Å². The largest absolute Gasteiger partial charge is 0.379 e. The second-order valence-electron chi connectivity index (χ2n) is 6.72. The first-order valence-electron chi connectivity index (χ1n) is 9.43. The fourth-order valence-electron chi connectivity index (χ4n) is 2.91. The van der Waals surface area contributed by atoms with Crippen LogP contribution < -0.4 is 5.32 Å². The average Bonchev–Trinajstić information content (AvgIpc) is 2.74. The number of halogens is 2. The van der Waals surface area contributed by atoms with Gasteiger partial charge in [0.2, 0.25) is 0 Å². The SMILES string of the molecule is C=C.C=C(C(=C\c1ccccc1C)/C(C)=C(\C#N)NC)c1ccc(C(C)(F)F)cc1. The zero-order valence-electron chi connectivity index (χ0n) is 18.0. The van der Waals surface area contributed by atoms with Crippen LogP contribution in [0.3, 0.4) is 0 Å². The van der Waals surface area contributed by atoms with Gasteiger partial charge in [-0.2, -0.15) is 5.26 Å². The van der Waals surface area contributed by atoms with Gasteiger partial charge in [0, 0.05) is 19.5 Å². The molecular formula is C26H28F2N2. The average molecular weight is 407 g/mol. The minimum Gasteiger partial charge on any atom is -0.379 e. The summed E-state index contributed by atoms with van der Waals surface area (Å²) in [5, 5.41) is 12.3. The van der Waals surface area contributed by atoms with E-state index in [4.69, 9.17) is 0 Å². The summed E-state index contributed by atoms with van der Waals surface area (Å²) in [6.07, 6.45) is 1.98. The van der Waals surface area contributed by atoms with Gasteiger partial charge >= 0.3 is 0 Å². The molecule has 2 aromatic carbocycles. The monoisotopic (exact) mass is 406 g/mol. The van der Waals surface area contributed by atoms with Gasteiger partial charge in [-0.05, 0) is 53.3 Å². The van der Waals surface area contributed by atoms with Crippen LogP contribution in [-0.4, -0.2) is 7.05 Å². The Kier molecular flexibility index (Phi) is 8.95. The lowest BCUT2D eigenvalue weighted by atomic mass is 9.90. The van der Waals surface area contributed by atoms with Crippen molar-refractivity contribution < 1.29 is 8.78 Å². The van der Waals surface area contributed by atoms with Crippen LogP contribution in [0.2, 0.25) is 0 Å². The third-order valence-electron chi connectivity index (χ3n) is 4.69. The summed E-state index contributed by atoms with van der Waals surface area (Å²) in [7, 11) is 1.69. The van der Waals surface area contributed by atoms with Crippen molar-refractivity contribution in [3.8, 4) is 6.07 Å². The number of aryl methyl sites for hydroxylation is 1. The van der Waals surface area contributed by atoms with E-state index < -0.39 is 5.92 Å². The molecule has 0 heterocycles. The van der Waals surface area contributed by atoms with Crippen LogP contribution in [0.4, 0.5) is 8.78 Å². The zero-order valence-corrected chi connectivity index (χ0v) is 18.0. The first-order valence-corrected chi connectivity index (χ1v) is 9.43. The number of hydrogen-bond donors (Lipinski definition) is 1. The molecule has 0 aliphatic heterocycles. The third-order valence-corrected chi connectivity index (χ3v) is 4.69. The fourth-order valence-corrected chi connectivity index (χ4v) is 2.91. The van der Waals surface area contributed by atoms with Crippen LogP contribution in [0.25, 0.3) is 11.6 Å². The minimum absolute atomic E-state index is 0.0475. The number of hydrogen-bond acceptors (Lipinski definition) is 2. The second-order valence-corrected chi connectivity index (χ2v) is 6.72. The maximum absolute atomic E-state index is 13.5. The quantitative estimate of drug-likeness (QED) is 0.318. The molecule has 1 N–H and O–H groups in total. The predicted molar refractivity (Wildman–Crippen MR) is 123 cm³/mol. The van der Waals surface area contributed by atoms with Crippen molar-refractivity contribution in [2.45, 2.75) is 26.7 Å². The van der Waals surface area contributed by atoms with Gasteiger partial charge in [-0.3, -0.25) is 0 Å². The Morgan fingerprint density at radius 3 is 2.13 bits per heavy atom. The molecule has 30 heavy (non-hydrogen) atoms. The van der Waals surface area contributed by atoms with E-state index in [1.165, 1.54) is 12.1 Å². The minimum atomic E-state index is -2.89. The van der Waals surface area contributed by atoms with E-state index in [1.807, 2.05) is 44.2 Å². The van der Waals surface area contributed by atoms with Crippen LogP contribution in [0, 0.1) is 18.3 Å². The Bertz CT molecular complexity index is 985. The van der Waals surface area contributed by atoms with Crippen molar-refractivity contribution in [2.75, 3.05) is 7.05 Å². The number of allylic oxidation sites excluding steroid dienone is 4. The van der Waals surface area contributed by atoms with Crippen molar-refractivity contribution in [3.05, 3.63) is 107 Å². The van der Waals surface area contributed by atoms with Crippen molar-refractivity contribution in [1.82, 2.24) is 5.32 Å². The maximum Gasteiger partial charge on any atom is 0.270 e. The van der Waals surface area contributed by atoms with E-state index in [-0.39, 0.29) is 5.56 Å². The molecule has 0 aliphatic rings. The molecule has 0 saturated heterocycles. The summed E-state index contributed by atoms with van der Waals surface area (Å²) in [6, 6.07) is 16.2. The Morgan fingerprint density at radius 2 is 1.67 bits per heavy atom. The zero-order chi connectivity index (χ0) is 22.9. The van der Waals surface area contributed by atoms with Crippen LogP contribution >= 0.6 is 0 Å². The first kappa shape index (κ1) is 24.6. The van der Waals surface area contributed by atoms with Crippen LogP contribution in [-0.2, 0) is 5.92 Å². The number of nitriles is 1. The Balaban J connectivity index is 0.00000218. The molecule has 0 saturated carbocycles. The lowest BCUT2D eigenvalue weighted by Crippen LogP contribution is -2.08. The normalized spacial score (nSPS) is 12.1. The summed E-state index contributed by atoms with van der Waals surface area (Å²) >= 11 is 0. The number of benzene rings is 2. The molecular weight excluding hydrogens is 378 g/mol. The fraction of sp³-hybridized carbons (Fsp3) is 0.192. The van der Waals surface area contributed by atoms with Gasteiger partial charge in [0.1, 0.15) is 11.8 Å². The third kappa shape index (κ3) is 6.02. The molecule has 0 bridgehead atoms. The Hall–Kier alpha value is -3.45. The topological polar surface area (TPSA) is 35.8 Å². The summed E-state index contributed by atoms with van der Waals surface area (Å²) in [5.74, 6) is -2.89. The van der Waals surface area contributed by atoms with Crippen LogP contribution in [0.1, 0.15) is 36.1 Å². The van der Waals surface area contributed by atoms with E-state index in [0.717, 1.165) is 34.8 Å². The van der Waals surface area contributed by atoms with Gasteiger partial charge in [0.25, 0.3) is 5.92 Å². The molecule has 0 fully saturated rings. The highest BCUT2D eigenvalue weighted by atomic mass is 19.3. The first-order chi connectivity index (χ1) is 14.2. The van der Waals surface area contributed by atoms with Crippen LogP contribution in [0.5, 0.6) is 0 Å². The molecule has 0 atom stereocenters. The molecule has 0 aliphatic carbocycles. The molecule has 0 amide bonds. The number of alkyl halides is 2. The van der Waals surface area contributed by atoms with Crippen molar-refractivity contribution in [2.24, 2.45) is 0 Å². The summed E-state index contributed by atoms with van der Waals surface area (Å²) in [5.41, 5.74) is 5.37. The van der Waals surface area contributed by atoms with Gasteiger partial charge in [-0.15, -0.1) is 13.2 Å². The predicted octanol–water partition coefficient (Wildman–Crippen LogP) is 7.02. The van der Waals surface area contributed by atoms with E-state index in [9.17, 15) is 14.0 Å². The van der Waals surface area contributed by atoms with Gasteiger partial charge in [0.15, 0.2) is 0 Å². The molecule has 0 spiro atoms. The van der Waals surface area contributed by atoms with Gasteiger partial charge in [-0.1, -0.05) is 55.1 Å². The van der Waals surface area contributed by atoms with Crippen molar-refractivity contribution >= 4 is 11.6 Å². The smallest absolute Gasteiger partial charge is 0.270 e. The Morgan fingerprint density at radius 1 is 1.10 bits per heavy atom. The summed E-state index contributed by atoms with van der Waals surface area (Å²) in [6.45, 7) is 14.9. The highest BCUT2D eigenvalue weighted by Gasteiger charge is 2.24. The summed E-state index contributed by atoms with van der Waals surface area (Å²) in [4.78, 5) is 0. The maximum atomic E-state index is 13.5. The standard InChI is InChI=1S/C24H24F2N2.C2H4/c1-16-8-6-7-9-20(16)14-22(18(3)23(15-27)28-5)17(2)19-10-12-21(13-11-19)24(4,25)26;1-2/h6-14,28H,2H2,1,3-5H3;1-2H2/b22-14+,23-18+;. The molecule has 2 rings (SSSR count). The van der Waals surface area contributed by atoms with Gasteiger partial charge in [0.05, 0.1) is 0 Å². The second kappa shape index (κ2) is 10.9. The summed E-state index contributed by atoms with van der Waals surface area (Å²) < 4.78 is 27.0. The van der Waals surface area contributed by atoms with Crippen LogP contribution in [0.15, 0.2) is 85.1 Å². The molecule has 156 valence electrons. The number of rotatable bonds is 6. The number of nitrogens with one attached hydrogen (secondary N) is 1. The molecule has 0 radical (unpaired) electrons. The molecule has 0 aromatic heterocycles. The lowest BCUT2D eigenvalue weighted by Gasteiger charge is -2.16.